The number of aromatic nitrogens is 6. The van der Waals surface area contributed by atoms with Gasteiger partial charge in [0, 0.05) is 13.2 Å². The molecule has 16 heavy (non-hydrogen) atoms. The maximum absolute atomic E-state index is 11.7. The first-order chi connectivity index (χ1) is 7.58. The fourth-order valence-electron chi connectivity index (χ4n) is 1.04. The third-order valence-corrected chi connectivity index (χ3v) is 3.16. The molecule has 2 N–H and O–H groups in total. The van der Waals surface area contributed by atoms with Crippen LogP contribution in [0.3, 0.4) is 0 Å². The van der Waals surface area contributed by atoms with Gasteiger partial charge in [0.25, 0.3) is 0 Å². The number of rotatable bonds is 4. The van der Waals surface area contributed by atoms with E-state index in [-0.39, 0.29) is 17.3 Å². The Morgan fingerprint density at radius 1 is 1.56 bits per heavy atom. The molecule has 0 atom stereocenters. The van der Waals surface area contributed by atoms with E-state index in [2.05, 4.69) is 30.4 Å². The minimum Gasteiger partial charge on any atom is -0.274 e. The molecular formula is C6H9N7O2S. The summed E-state index contributed by atoms with van der Waals surface area (Å²) in [6, 6.07) is 0. The van der Waals surface area contributed by atoms with E-state index >= 15 is 0 Å². The molecule has 0 saturated heterocycles. The second kappa shape index (κ2) is 3.98. The maximum Gasteiger partial charge on any atom is 0.244 e. The summed E-state index contributed by atoms with van der Waals surface area (Å²) in [5.41, 5.74) is 0. The van der Waals surface area contributed by atoms with Crippen LogP contribution in [0.2, 0.25) is 0 Å². The Balaban J connectivity index is 2.09. The molecule has 2 rings (SSSR count). The Morgan fingerprint density at radius 3 is 2.94 bits per heavy atom. The van der Waals surface area contributed by atoms with Crippen molar-refractivity contribution in [3.05, 3.63) is 18.2 Å². The van der Waals surface area contributed by atoms with Crippen LogP contribution < -0.4 is 4.72 Å². The molecule has 0 aliphatic rings. The summed E-state index contributed by atoms with van der Waals surface area (Å²) in [5.74, 6) is 0.271. The van der Waals surface area contributed by atoms with Gasteiger partial charge < -0.3 is 0 Å². The van der Waals surface area contributed by atoms with Crippen molar-refractivity contribution in [2.24, 2.45) is 7.05 Å². The van der Waals surface area contributed by atoms with Gasteiger partial charge in [0.2, 0.25) is 10.0 Å². The average Bonchev–Trinajstić information content (AvgIpc) is 2.85. The lowest BCUT2D eigenvalue weighted by Crippen LogP contribution is -2.23. The molecule has 0 unspecified atom stereocenters. The standard InChI is InChI=1S/C6H9N7O2S/c1-13-4-5(2-7-13)16(14,15)8-3-6-9-11-12-10-6/h2,4,8H,3H2,1H3,(H,9,10,11,12). The highest BCUT2D eigenvalue weighted by molar-refractivity contribution is 7.89. The Labute approximate surface area is 90.9 Å². The van der Waals surface area contributed by atoms with E-state index in [0.29, 0.717) is 0 Å². The van der Waals surface area contributed by atoms with E-state index in [1.54, 1.807) is 7.05 Å². The van der Waals surface area contributed by atoms with Gasteiger partial charge in [-0.2, -0.15) is 10.3 Å². The van der Waals surface area contributed by atoms with E-state index in [0.717, 1.165) is 0 Å². The van der Waals surface area contributed by atoms with Crippen molar-refractivity contribution >= 4 is 10.0 Å². The second-order valence-corrected chi connectivity index (χ2v) is 4.77. The zero-order valence-corrected chi connectivity index (χ0v) is 9.14. The van der Waals surface area contributed by atoms with Crippen molar-refractivity contribution in [3.8, 4) is 0 Å². The van der Waals surface area contributed by atoms with Crippen LogP contribution >= 0.6 is 0 Å². The minimum absolute atomic E-state index is 0.0201. The largest absolute Gasteiger partial charge is 0.274 e. The van der Waals surface area contributed by atoms with Crippen molar-refractivity contribution in [1.29, 1.82) is 0 Å². The molecule has 2 aromatic rings. The number of nitrogens with zero attached hydrogens (tertiary/aromatic N) is 5. The summed E-state index contributed by atoms with van der Waals surface area (Å²) < 4.78 is 27.1. The molecule has 0 aliphatic heterocycles. The average molecular weight is 243 g/mol. The molecule has 0 aromatic carbocycles. The molecule has 2 aromatic heterocycles. The maximum atomic E-state index is 11.7. The van der Waals surface area contributed by atoms with Crippen LogP contribution in [0.1, 0.15) is 5.82 Å². The van der Waals surface area contributed by atoms with E-state index < -0.39 is 10.0 Å². The summed E-state index contributed by atoms with van der Waals surface area (Å²) in [6.45, 7) is -0.0201. The molecule has 0 fully saturated rings. The van der Waals surface area contributed by atoms with Crippen LogP contribution in [-0.2, 0) is 23.6 Å². The Hall–Kier alpha value is -1.81. The van der Waals surface area contributed by atoms with Gasteiger partial charge in [-0.15, -0.1) is 10.2 Å². The molecule has 10 heteroatoms. The van der Waals surface area contributed by atoms with Gasteiger partial charge in [0.1, 0.15) is 4.90 Å². The van der Waals surface area contributed by atoms with Crippen LogP contribution in [0, 0.1) is 0 Å². The lowest BCUT2D eigenvalue weighted by atomic mass is 10.7. The molecule has 0 saturated carbocycles. The fraction of sp³-hybridized carbons (Fsp3) is 0.333. The van der Waals surface area contributed by atoms with Crippen molar-refractivity contribution < 1.29 is 8.42 Å². The van der Waals surface area contributed by atoms with Crippen LogP contribution in [-0.4, -0.2) is 38.8 Å². The van der Waals surface area contributed by atoms with Crippen molar-refractivity contribution in [2.75, 3.05) is 0 Å². The van der Waals surface area contributed by atoms with E-state index in [4.69, 9.17) is 0 Å². The van der Waals surface area contributed by atoms with Gasteiger partial charge in [-0.1, -0.05) is 5.21 Å². The number of H-pyrrole nitrogens is 1. The van der Waals surface area contributed by atoms with Crippen molar-refractivity contribution in [2.45, 2.75) is 11.4 Å². The highest BCUT2D eigenvalue weighted by Crippen LogP contribution is 2.05. The van der Waals surface area contributed by atoms with Crippen LogP contribution in [0.25, 0.3) is 0 Å². The fourth-order valence-corrected chi connectivity index (χ4v) is 2.00. The normalized spacial score (nSPS) is 11.8. The first-order valence-corrected chi connectivity index (χ1v) is 5.77. The van der Waals surface area contributed by atoms with Gasteiger partial charge in [-0.3, -0.25) is 4.68 Å². The van der Waals surface area contributed by atoms with Crippen molar-refractivity contribution in [3.63, 3.8) is 0 Å². The highest BCUT2D eigenvalue weighted by Gasteiger charge is 2.16. The zero-order chi connectivity index (χ0) is 11.6. The molecule has 9 nitrogen and oxygen atoms in total. The monoisotopic (exact) mass is 243 g/mol. The predicted octanol–water partition coefficient (Wildman–Crippen LogP) is -1.59. The second-order valence-electron chi connectivity index (χ2n) is 3.00. The first-order valence-electron chi connectivity index (χ1n) is 4.28. The Kier molecular flexibility index (Phi) is 2.66. The lowest BCUT2D eigenvalue weighted by Gasteiger charge is -2.00. The number of hydrogen-bond acceptors (Lipinski definition) is 6. The molecule has 0 amide bonds. The summed E-state index contributed by atoms with van der Waals surface area (Å²) in [5, 5.41) is 16.6. The number of nitrogens with one attached hydrogen (secondary N) is 2. The lowest BCUT2D eigenvalue weighted by molar-refractivity contribution is 0.579. The Bertz CT molecular complexity index is 557. The zero-order valence-electron chi connectivity index (χ0n) is 8.32. The topological polar surface area (TPSA) is 118 Å². The SMILES string of the molecule is Cn1cc(S(=O)(=O)NCc2nn[nH]n2)cn1. The number of hydrogen-bond donors (Lipinski definition) is 2. The smallest absolute Gasteiger partial charge is 0.244 e. The van der Waals surface area contributed by atoms with Crippen LogP contribution in [0.15, 0.2) is 17.3 Å². The molecule has 2 heterocycles. The summed E-state index contributed by atoms with van der Waals surface area (Å²) in [6.07, 6.45) is 2.66. The van der Waals surface area contributed by atoms with Gasteiger partial charge in [0.15, 0.2) is 5.82 Å². The third-order valence-electron chi connectivity index (χ3n) is 1.80. The minimum atomic E-state index is -3.57. The number of aromatic amines is 1. The van der Waals surface area contributed by atoms with Gasteiger partial charge in [0.05, 0.1) is 12.7 Å². The third kappa shape index (κ3) is 2.23. The molecule has 0 aliphatic carbocycles. The van der Waals surface area contributed by atoms with Gasteiger partial charge >= 0.3 is 0 Å². The van der Waals surface area contributed by atoms with Gasteiger partial charge in [-0.25, -0.2) is 13.1 Å². The molecule has 86 valence electrons. The Morgan fingerprint density at radius 2 is 2.38 bits per heavy atom. The quantitative estimate of drug-likeness (QED) is 0.668. The number of aryl methyl sites for hydroxylation is 1. The molecular weight excluding hydrogens is 234 g/mol. The molecule has 0 radical (unpaired) electrons. The van der Waals surface area contributed by atoms with E-state index in [9.17, 15) is 8.42 Å². The summed E-state index contributed by atoms with van der Waals surface area (Å²) in [7, 11) is -1.93. The van der Waals surface area contributed by atoms with Crippen molar-refractivity contribution in [1.82, 2.24) is 35.1 Å². The van der Waals surface area contributed by atoms with E-state index in [1.165, 1.54) is 17.1 Å². The van der Waals surface area contributed by atoms with Crippen LogP contribution in [0.5, 0.6) is 0 Å². The summed E-state index contributed by atoms with van der Waals surface area (Å²) in [4.78, 5) is 0.0958. The van der Waals surface area contributed by atoms with E-state index in [1.807, 2.05) is 0 Å². The highest BCUT2D eigenvalue weighted by atomic mass is 32.2. The molecule has 0 spiro atoms. The van der Waals surface area contributed by atoms with Crippen LogP contribution in [0.4, 0.5) is 0 Å². The number of sulfonamides is 1. The predicted molar refractivity (Wildman–Crippen MR) is 51.4 cm³/mol. The summed E-state index contributed by atoms with van der Waals surface area (Å²) >= 11 is 0. The molecule has 0 bridgehead atoms. The first kappa shape index (κ1) is 10.7. The number of tetrazole rings is 1. The van der Waals surface area contributed by atoms with Gasteiger partial charge in [-0.05, 0) is 0 Å².